The lowest BCUT2D eigenvalue weighted by molar-refractivity contribution is 0.0152. The normalized spacial score (nSPS) is 17.5. The molecule has 1 saturated heterocycles. The van der Waals surface area contributed by atoms with Gasteiger partial charge in [0, 0.05) is 32.7 Å². The van der Waals surface area contributed by atoms with Crippen LogP contribution in [-0.4, -0.2) is 48.0 Å². The van der Waals surface area contributed by atoms with Gasteiger partial charge in [-0.1, -0.05) is 19.1 Å². The number of benzene rings is 1. The van der Waals surface area contributed by atoms with E-state index < -0.39 is 11.8 Å². The molecule has 1 fully saturated rings. The largest absolute Gasteiger partial charge is 0.462 e. The molecule has 8 heteroatoms. The number of aromatic nitrogens is 2. The number of carbonyl (C=O) groups is 2. The number of esters is 1. The molecule has 0 unspecified atom stereocenters. The Morgan fingerprint density at radius 1 is 1.34 bits per heavy atom. The molecule has 1 spiro atoms. The van der Waals surface area contributed by atoms with Crippen molar-refractivity contribution in [1.29, 1.82) is 0 Å². The van der Waals surface area contributed by atoms with Crippen LogP contribution >= 0.6 is 0 Å². The van der Waals surface area contributed by atoms with Crippen LogP contribution in [0.2, 0.25) is 0 Å². The van der Waals surface area contributed by atoms with Gasteiger partial charge in [-0.3, -0.25) is 9.48 Å². The van der Waals surface area contributed by atoms with Crippen molar-refractivity contribution < 1.29 is 23.5 Å². The zero-order chi connectivity index (χ0) is 22.7. The molecule has 0 aliphatic carbocycles. The molecule has 1 amide bonds. The number of aryl methyl sites for hydroxylation is 3. The highest BCUT2D eigenvalue weighted by Crippen LogP contribution is 2.37. The molecule has 7 nitrogen and oxygen atoms in total. The van der Waals surface area contributed by atoms with E-state index in [1.54, 1.807) is 19.1 Å². The molecule has 1 aromatic carbocycles. The molecule has 4 rings (SSSR count). The first-order chi connectivity index (χ1) is 15.4. The average molecular weight is 444 g/mol. The Hall–Kier alpha value is -2.74. The maximum Gasteiger partial charge on any atom is 0.341 e. The fourth-order valence-corrected chi connectivity index (χ4v) is 4.70. The molecular formula is C24H30FN3O4. The van der Waals surface area contributed by atoms with Crippen molar-refractivity contribution in [2.24, 2.45) is 5.41 Å². The predicted octanol–water partition coefficient (Wildman–Crippen LogP) is 3.22. The van der Waals surface area contributed by atoms with Gasteiger partial charge in [0.25, 0.3) is 5.91 Å². The highest BCUT2D eigenvalue weighted by molar-refractivity contribution is 5.97. The van der Waals surface area contributed by atoms with E-state index in [2.05, 4.69) is 5.32 Å². The van der Waals surface area contributed by atoms with Crippen LogP contribution in [0.3, 0.4) is 0 Å². The number of fused-ring (bicyclic) bond motifs is 1. The number of rotatable bonds is 6. The smallest absolute Gasteiger partial charge is 0.341 e. The van der Waals surface area contributed by atoms with Gasteiger partial charge in [-0.15, -0.1) is 0 Å². The van der Waals surface area contributed by atoms with E-state index in [9.17, 15) is 14.0 Å². The number of halogens is 1. The minimum absolute atomic E-state index is 0.0171. The van der Waals surface area contributed by atoms with Gasteiger partial charge >= 0.3 is 5.97 Å². The lowest BCUT2D eigenvalue weighted by Gasteiger charge is -2.36. The molecule has 32 heavy (non-hydrogen) atoms. The van der Waals surface area contributed by atoms with Crippen molar-refractivity contribution in [3.63, 3.8) is 0 Å². The molecule has 1 aromatic heterocycles. The van der Waals surface area contributed by atoms with Gasteiger partial charge in [-0.05, 0) is 49.7 Å². The Kier molecular flexibility index (Phi) is 6.60. The van der Waals surface area contributed by atoms with Gasteiger partial charge in [0.1, 0.15) is 5.82 Å². The fraction of sp³-hybridized carbons (Fsp3) is 0.542. The molecule has 0 saturated carbocycles. The standard InChI is InChI=1S/C24H30FN3O4/c1-3-18-21-19(14-24(15-26-22(21)29)8-12-31-13-9-24)28(27-18)10-5-11-32-23(30)20-16(2)6-4-7-17(20)25/h4,6-7H,3,5,8-15H2,1-2H3,(H,26,29). The van der Waals surface area contributed by atoms with Crippen LogP contribution in [0.15, 0.2) is 18.2 Å². The first kappa shape index (κ1) is 22.5. The number of hydrogen-bond acceptors (Lipinski definition) is 5. The van der Waals surface area contributed by atoms with Crippen molar-refractivity contribution in [3.8, 4) is 0 Å². The van der Waals surface area contributed by atoms with Crippen LogP contribution in [0.1, 0.15) is 63.9 Å². The van der Waals surface area contributed by atoms with Crippen LogP contribution in [0.5, 0.6) is 0 Å². The Balaban J connectivity index is 1.46. The van der Waals surface area contributed by atoms with Gasteiger partial charge in [0.2, 0.25) is 0 Å². The zero-order valence-electron chi connectivity index (χ0n) is 18.7. The highest BCUT2D eigenvalue weighted by Gasteiger charge is 2.39. The summed E-state index contributed by atoms with van der Waals surface area (Å²) in [6, 6.07) is 4.51. The summed E-state index contributed by atoms with van der Waals surface area (Å²) < 4.78 is 26.8. The quantitative estimate of drug-likeness (QED) is 0.548. The first-order valence-corrected chi connectivity index (χ1v) is 11.3. The lowest BCUT2D eigenvalue weighted by Crippen LogP contribution is -2.40. The minimum atomic E-state index is -0.658. The Labute approximate surface area is 187 Å². The highest BCUT2D eigenvalue weighted by atomic mass is 19.1. The first-order valence-electron chi connectivity index (χ1n) is 11.3. The number of nitrogens with zero attached hydrogens (tertiary/aromatic N) is 2. The maximum absolute atomic E-state index is 14.0. The fourth-order valence-electron chi connectivity index (χ4n) is 4.70. The van der Waals surface area contributed by atoms with E-state index in [0.717, 1.165) is 30.7 Å². The number of ether oxygens (including phenoxy) is 2. The summed E-state index contributed by atoms with van der Waals surface area (Å²) in [6.07, 6.45) is 3.76. The van der Waals surface area contributed by atoms with Crippen molar-refractivity contribution in [1.82, 2.24) is 15.1 Å². The topological polar surface area (TPSA) is 82.5 Å². The lowest BCUT2D eigenvalue weighted by atomic mass is 9.76. The second-order valence-electron chi connectivity index (χ2n) is 8.74. The molecule has 172 valence electrons. The second kappa shape index (κ2) is 9.40. The molecule has 1 N–H and O–H groups in total. The number of nitrogens with one attached hydrogen (secondary N) is 1. The molecule has 0 radical (unpaired) electrons. The third-order valence-corrected chi connectivity index (χ3v) is 6.59. The van der Waals surface area contributed by atoms with Crippen LogP contribution < -0.4 is 5.32 Å². The van der Waals surface area contributed by atoms with Crippen LogP contribution in [0.25, 0.3) is 0 Å². The SMILES string of the molecule is CCc1nn(CCCOC(=O)c2c(C)cccc2F)c2c1C(=O)NCC1(CCOCC1)C2. The van der Waals surface area contributed by atoms with Crippen LogP contribution in [0.4, 0.5) is 4.39 Å². The van der Waals surface area contributed by atoms with E-state index in [1.165, 1.54) is 6.07 Å². The van der Waals surface area contributed by atoms with E-state index in [1.807, 2.05) is 11.6 Å². The monoisotopic (exact) mass is 443 g/mol. The maximum atomic E-state index is 14.0. The minimum Gasteiger partial charge on any atom is -0.462 e. The van der Waals surface area contributed by atoms with E-state index in [4.69, 9.17) is 14.6 Å². The van der Waals surface area contributed by atoms with Crippen molar-refractivity contribution in [2.45, 2.75) is 52.5 Å². The summed E-state index contributed by atoms with van der Waals surface area (Å²) in [5.41, 5.74) is 2.95. The van der Waals surface area contributed by atoms with Gasteiger partial charge in [-0.25, -0.2) is 9.18 Å². The summed E-state index contributed by atoms with van der Waals surface area (Å²) in [5, 5.41) is 7.82. The third-order valence-electron chi connectivity index (χ3n) is 6.59. The Bertz CT molecular complexity index is 991. The summed E-state index contributed by atoms with van der Waals surface area (Å²) in [7, 11) is 0. The van der Waals surface area contributed by atoms with Gasteiger partial charge in [-0.2, -0.15) is 5.10 Å². The molecule has 2 aliphatic heterocycles. The van der Waals surface area contributed by atoms with Crippen LogP contribution in [0, 0.1) is 18.2 Å². The summed E-state index contributed by atoms with van der Waals surface area (Å²) in [6.45, 7) is 6.39. The van der Waals surface area contributed by atoms with Crippen molar-refractivity contribution in [2.75, 3.05) is 26.4 Å². The number of amides is 1. The molecular weight excluding hydrogens is 413 g/mol. The van der Waals surface area contributed by atoms with E-state index in [0.29, 0.717) is 50.3 Å². The molecule has 0 atom stereocenters. The average Bonchev–Trinajstić information content (AvgIpc) is 3.05. The van der Waals surface area contributed by atoms with Gasteiger partial charge in [0.15, 0.2) is 0 Å². The zero-order valence-corrected chi connectivity index (χ0v) is 18.7. The Morgan fingerprint density at radius 2 is 2.12 bits per heavy atom. The van der Waals surface area contributed by atoms with E-state index in [-0.39, 0.29) is 23.5 Å². The summed E-state index contributed by atoms with van der Waals surface area (Å²) in [4.78, 5) is 25.2. The van der Waals surface area contributed by atoms with Crippen molar-refractivity contribution in [3.05, 3.63) is 52.1 Å². The van der Waals surface area contributed by atoms with E-state index >= 15 is 0 Å². The van der Waals surface area contributed by atoms with Gasteiger partial charge < -0.3 is 14.8 Å². The Morgan fingerprint density at radius 3 is 2.84 bits per heavy atom. The predicted molar refractivity (Wildman–Crippen MR) is 116 cm³/mol. The number of carbonyl (C=O) groups excluding carboxylic acids is 2. The molecule has 2 aliphatic rings. The second-order valence-corrected chi connectivity index (χ2v) is 8.74. The summed E-state index contributed by atoms with van der Waals surface area (Å²) in [5.74, 6) is -1.30. The molecule has 3 heterocycles. The van der Waals surface area contributed by atoms with Gasteiger partial charge in [0.05, 0.1) is 29.1 Å². The van der Waals surface area contributed by atoms with Crippen molar-refractivity contribution >= 4 is 11.9 Å². The molecule has 2 aromatic rings. The van der Waals surface area contributed by atoms with Crippen LogP contribution in [-0.2, 0) is 28.9 Å². The number of hydrogen-bond donors (Lipinski definition) is 1. The third kappa shape index (κ3) is 4.41. The molecule has 0 bridgehead atoms. The summed E-state index contributed by atoms with van der Waals surface area (Å²) >= 11 is 0.